The summed E-state index contributed by atoms with van der Waals surface area (Å²) in [6.45, 7) is 3.07. The first kappa shape index (κ1) is 10.4. The second-order valence-electron chi connectivity index (χ2n) is 3.82. The molecule has 2 heterocycles. The van der Waals surface area contributed by atoms with E-state index in [1.807, 2.05) is 0 Å². The van der Waals surface area contributed by atoms with Crippen LogP contribution in [0, 0.1) is 6.92 Å². The molecule has 2 N–H and O–H groups in total. The number of hydrogen-bond donors (Lipinski definition) is 2. The number of rotatable bonds is 3. The van der Waals surface area contributed by atoms with Crippen molar-refractivity contribution in [3.05, 3.63) is 5.82 Å². The van der Waals surface area contributed by atoms with E-state index in [1.165, 1.54) is 0 Å². The van der Waals surface area contributed by atoms with Crippen molar-refractivity contribution >= 4 is 6.01 Å². The van der Waals surface area contributed by atoms with Crippen molar-refractivity contribution in [2.24, 2.45) is 0 Å². The zero-order chi connectivity index (χ0) is 10.7. The average molecular weight is 213 g/mol. The van der Waals surface area contributed by atoms with Crippen LogP contribution in [0.25, 0.3) is 0 Å². The van der Waals surface area contributed by atoms with Crippen molar-refractivity contribution in [3.8, 4) is 0 Å². The SMILES string of the molecule is Cc1noc(NC2(CO)CCOCC2)n1. The topological polar surface area (TPSA) is 80.4 Å². The summed E-state index contributed by atoms with van der Waals surface area (Å²) in [6, 6.07) is 0.364. The van der Waals surface area contributed by atoms with Gasteiger partial charge in [0, 0.05) is 13.2 Å². The molecule has 0 atom stereocenters. The molecule has 6 heteroatoms. The molecule has 1 aliphatic rings. The van der Waals surface area contributed by atoms with Gasteiger partial charge >= 0.3 is 6.01 Å². The Morgan fingerprint density at radius 1 is 1.47 bits per heavy atom. The fraction of sp³-hybridized carbons (Fsp3) is 0.778. The third kappa shape index (κ3) is 2.27. The molecule has 0 radical (unpaired) electrons. The Morgan fingerprint density at radius 2 is 2.20 bits per heavy atom. The lowest BCUT2D eigenvalue weighted by molar-refractivity contribution is 0.0368. The summed E-state index contributed by atoms with van der Waals surface area (Å²) in [4.78, 5) is 4.06. The van der Waals surface area contributed by atoms with E-state index in [2.05, 4.69) is 15.5 Å². The van der Waals surface area contributed by atoms with Gasteiger partial charge < -0.3 is 19.7 Å². The lowest BCUT2D eigenvalue weighted by Gasteiger charge is -2.35. The molecule has 1 aromatic rings. The molecule has 1 fully saturated rings. The summed E-state index contributed by atoms with van der Waals surface area (Å²) >= 11 is 0. The summed E-state index contributed by atoms with van der Waals surface area (Å²) in [6.07, 6.45) is 1.48. The lowest BCUT2D eigenvalue weighted by Crippen LogP contribution is -2.47. The van der Waals surface area contributed by atoms with Gasteiger partial charge in [-0.1, -0.05) is 5.16 Å². The van der Waals surface area contributed by atoms with Gasteiger partial charge in [-0.25, -0.2) is 0 Å². The number of nitrogens with zero attached hydrogens (tertiary/aromatic N) is 2. The number of aliphatic hydroxyl groups is 1. The van der Waals surface area contributed by atoms with Crippen LogP contribution in [0.4, 0.5) is 6.01 Å². The molecule has 1 saturated heterocycles. The molecule has 6 nitrogen and oxygen atoms in total. The maximum Gasteiger partial charge on any atom is 0.321 e. The van der Waals surface area contributed by atoms with Gasteiger partial charge in [0.25, 0.3) is 0 Å². The van der Waals surface area contributed by atoms with Gasteiger partial charge in [-0.3, -0.25) is 0 Å². The number of nitrogens with one attached hydrogen (secondary N) is 1. The Kier molecular flexibility index (Phi) is 2.88. The van der Waals surface area contributed by atoms with Gasteiger partial charge in [-0.15, -0.1) is 0 Å². The fourth-order valence-corrected chi connectivity index (χ4v) is 1.66. The van der Waals surface area contributed by atoms with E-state index >= 15 is 0 Å². The smallest absolute Gasteiger partial charge is 0.321 e. The van der Waals surface area contributed by atoms with Crippen LogP contribution in [0.5, 0.6) is 0 Å². The van der Waals surface area contributed by atoms with Crippen molar-refractivity contribution < 1.29 is 14.4 Å². The van der Waals surface area contributed by atoms with Crippen LogP contribution < -0.4 is 5.32 Å². The van der Waals surface area contributed by atoms with E-state index in [0.29, 0.717) is 25.1 Å². The maximum absolute atomic E-state index is 9.40. The number of aryl methyl sites for hydroxylation is 1. The van der Waals surface area contributed by atoms with Gasteiger partial charge in [0.1, 0.15) is 0 Å². The number of aliphatic hydroxyl groups excluding tert-OH is 1. The Morgan fingerprint density at radius 3 is 2.73 bits per heavy atom. The monoisotopic (exact) mass is 213 g/mol. The lowest BCUT2D eigenvalue weighted by atomic mass is 9.91. The molecule has 0 saturated carbocycles. The van der Waals surface area contributed by atoms with Crippen LogP contribution in [0.15, 0.2) is 4.52 Å². The van der Waals surface area contributed by atoms with Crippen LogP contribution in [-0.4, -0.2) is 40.6 Å². The highest BCUT2D eigenvalue weighted by molar-refractivity contribution is 5.25. The molecule has 1 aromatic heterocycles. The van der Waals surface area contributed by atoms with E-state index in [4.69, 9.17) is 9.26 Å². The summed E-state index contributed by atoms with van der Waals surface area (Å²) < 4.78 is 10.2. The number of anilines is 1. The molecule has 0 amide bonds. The van der Waals surface area contributed by atoms with Gasteiger partial charge in [0.05, 0.1) is 12.1 Å². The van der Waals surface area contributed by atoms with Gasteiger partial charge in [-0.2, -0.15) is 4.98 Å². The molecular formula is C9H15N3O3. The van der Waals surface area contributed by atoms with Crippen LogP contribution in [0.1, 0.15) is 18.7 Å². The quantitative estimate of drug-likeness (QED) is 0.753. The predicted molar refractivity (Wildman–Crippen MR) is 52.5 cm³/mol. The minimum absolute atomic E-state index is 0.0395. The van der Waals surface area contributed by atoms with Gasteiger partial charge in [-0.05, 0) is 19.8 Å². The molecule has 2 rings (SSSR count). The molecule has 1 aliphatic heterocycles. The van der Waals surface area contributed by atoms with Crippen LogP contribution in [0.2, 0.25) is 0 Å². The third-order valence-electron chi connectivity index (χ3n) is 2.65. The van der Waals surface area contributed by atoms with Gasteiger partial charge in [0.15, 0.2) is 5.82 Å². The fourth-order valence-electron chi connectivity index (χ4n) is 1.66. The normalized spacial score (nSPS) is 20.1. The summed E-state index contributed by atoms with van der Waals surface area (Å²) in [5.74, 6) is 0.581. The second-order valence-corrected chi connectivity index (χ2v) is 3.82. The molecule has 0 aromatic carbocycles. The van der Waals surface area contributed by atoms with Crippen molar-refractivity contribution in [1.82, 2.24) is 10.1 Å². The van der Waals surface area contributed by atoms with Crippen LogP contribution in [-0.2, 0) is 4.74 Å². The van der Waals surface area contributed by atoms with Crippen LogP contribution >= 0.6 is 0 Å². The number of ether oxygens (including phenoxy) is 1. The standard InChI is InChI=1S/C9H15N3O3/c1-7-10-8(15-12-7)11-9(6-13)2-4-14-5-3-9/h13H,2-6H2,1H3,(H,10,11,12). The summed E-state index contributed by atoms with van der Waals surface area (Å²) in [5, 5.41) is 16.2. The molecule has 84 valence electrons. The van der Waals surface area contributed by atoms with E-state index in [1.54, 1.807) is 6.92 Å². The molecule has 0 spiro atoms. The van der Waals surface area contributed by atoms with E-state index in [9.17, 15) is 5.11 Å². The molecule has 0 aliphatic carbocycles. The van der Waals surface area contributed by atoms with E-state index in [-0.39, 0.29) is 12.1 Å². The summed E-state index contributed by atoms with van der Waals surface area (Å²) in [7, 11) is 0. The Bertz CT molecular complexity index is 320. The van der Waals surface area contributed by atoms with Crippen molar-refractivity contribution in [2.75, 3.05) is 25.1 Å². The number of hydrogen-bond acceptors (Lipinski definition) is 6. The Labute approximate surface area is 87.6 Å². The van der Waals surface area contributed by atoms with E-state index < -0.39 is 0 Å². The maximum atomic E-state index is 9.40. The molecule has 0 bridgehead atoms. The van der Waals surface area contributed by atoms with Crippen molar-refractivity contribution in [2.45, 2.75) is 25.3 Å². The van der Waals surface area contributed by atoms with Crippen LogP contribution in [0.3, 0.4) is 0 Å². The minimum Gasteiger partial charge on any atom is -0.394 e. The first-order valence-corrected chi connectivity index (χ1v) is 5.01. The zero-order valence-electron chi connectivity index (χ0n) is 8.69. The second kappa shape index (κ2) is 4.16. The largest absolute Gasteiger partial charge is 0.394 e. The molecular weight excluding hydrogens is 198 g/mol. The number of aromatic nitrogens is 2. The minimum atomic E-state index is -0.378. The highest BCUT2D eigenvalue weighted by atomic mass is 16.5. The van der Waals surface area contributed by atoms with Crippen molar-refractivity contribution in [1.29, 1.82) is 0 Å². The third-order valence-corrected chi connectivity index (χ3v) is 2.65. The van der Waals surface area contributed by atoms with Crippen molar-refractivity contribution in [3.63, 3.8) is 0 Å². The molecule has 0 unspecified atom stereocenters. The first-order chi connectivity index (χ1) is 7.24. The average Bonchev–Trinajstić information content (AvgIpc) is 2.65. The highest BCUT2D eigenvalue weighted by Crippen LogP contribution is 2.24. The van der Waals surface area contributed by atoms with E-state index in [0.717, 1.165) is 12.8 Å². The predicted octanol–water partition coefficient (Wildman–Crippen LogP) is 0.331. The Hall–Kier alpha value is -1.14. The summed E-state index contributed by atoms with van der Waals surface area (Å²) in [5.41, 5.74) is -0.378. The molecule has 15 heavy (non-hydrogen) atoms. The highest BCUT2D eigenvalue weighted by Gasteiger charge is 2.33. The first-order valence-electron chi connectivity index (χ1n) is 5.01. The zero-order valence-corrected chi connectivity index (χ0v) is 8.69. The Balaban J connectivity index is 2.06. The van der Waals surface area contributed by atoms with Gasteiger partial charge in [0.2, 0.25) is 0 Å².